The zero-order chi connectivity index (χ0) is 15.5. The maximum absolute atomic E-state index is 12.4. The molecule has 22 heavy (non-hydrogen) atoms. The molecule has 2 amide bonds. The van der Waals surface area contributed by atoms with E-state index in [9.17, 15) is 9.59 Å². The van der Waals surface area contributed by atoms with E-state index < -0.39 is 0 Å². The SMILES string of the molecule is Cc1ccc([C@@H]2SCC(=O)N2CC(=O)N2CCOCC2)cc1. The minimum absolute atomic E-state index is 0.0104. The molecule has 5 nitrogen and oxygen atoms in total. The predicted octanol–water partition coefficient (Wildman–Crippen LogP) is 1.43. The van der Waals surface area contributed by atoms with Crippen molar-refractivity contribution in [1.29, 1.82) is 0 Å². The Labute approximate surface area is 134 Å². The first-order valence-electron chi connectivity index (χ1n) is 7.48. The van der Waals surface area contributed by atoms with Gasteiger partial charge in [0.25, 0.3) is 0 Å². The Bertz CT molecular complexity index is 555. The highest BCUT2D eigenvalue weighted by molar-refractivity contribution is 8.00. The number of thioether (sulfide) groups is 1. The number of nitrogens with zero attached hydrogens (tertiary/aromatic N) is 2. The molecule has 0 aromatic heterocycles. The van der Waals surface area contributed by atoms with E-state index >= 15 is 0 Å². The van der Waals surface area contributed by atoms with Gasteiger partial charge in [0.1, 0.15) is 11.9 Å². The van der Waals surface area contributed by atoms with E-state index in [0.29, 0.717) is 32.1 Å². The Balaban J connectivity index is 1.70. The quantitative estimate of drug-likeness (QED) is 0.845. The Morgan fingerprint density at radius 2 is 1.95 bits per heavy atom. The molecule has 2 heterocycles. The van der Waals surface area contributed by atoms with Crippen molar-refractivity contribution in [2.24, 2.45) is 0 Å². The van der Waals surface area contributed by atoms with Gasteiger partial charge < -0.3 is 14.5 Å². The van der Waals surface area contributed by atoms with Crippen LogP contribution in [0.3, 0.4) is 0 Å². The summed E-state index contributed by atoms with van der Waals surface area (Å²) in [5.74, 6) is 0.489. The Morgan fingerprint density at radius 3 is 2.64 bits per heavy atom. The molecule has 1 aromatic rings. The standard InChI is InChI=1S/C16H20N2O3S/c1-12-2-4-13(5-3-12)16-18(15(20)11-22-16)10-14(19)17-6-8-21-9-7-17/h2-5,16H,6-11H2,1H3/t16-/m0/s1. The van der Waals surface area contributed by atoms with Crippen LogP contribution in [0, 0.1) is 6.92 Å². The lowest BCUT2D eigenvalue weighted by atomic mass is 10.1. The minimum Gasteiger partial charge on any atom is -0.378 e. The molecule has 118 valence electrons. The van der Waals surface area contributed by atoms with Crippen molar-refractivity contribution in [3.63, 3.8) is 0 Å². The summed E-state index contributed by atoms with van der Waals surface area (Å²) in [4.78, 5) is 28.0. The first-order valence-corrected chi connectivity index (χ1v) is 8.53. The molecule has 2 saturated heterocycles. The number of ether oxygens (including phenoxy) is 1. The van der Waals surface area contributed by atoms with E-state index in [1.165, 1.54) is 5.56 Å². The second kappa shape index (κ2) is 6.71. The number of hydrogen-bond acceptors (Lipinski definition) is 4. The lowest BCUT2D eigenvalue weighted by Crippen LogP contribution is -2.46. The van der Waals surface area contributed by atoms with Crippen LogP contribution in [-0.4, -0.2) is 60.2 Å². The highest BCUT2D eigenvalue weighted by atomic mass is 32.2. The highest BCUT2D eigenvalue weighted by Crippen LogP contribution is 2.38. The van der Waals surface area contributed by atoms with Gasteiger partial charge in [0.15, 0.2) is 0 Å². The van der Waals surface area contributed by atoms with E-state index in [0.717, 1.165) is 5.56 Å². The van der Waals surface area contributed by atoms with Gasteiger partial charge in [0, 0.05) is 13.1 Å². The van der Waals surface area contributed by atoms with E-state index in [1.807, 2.05) is 31.2 Å². The van der Waals surface area contributed by atoms with E-state index in [1.54, 1.807) is 21.6 Å². The molecule has 0 bridgehead atoms. The van der Waals surface area contributed by atoms with E-state index in [4.69, 9.17) is 4.74 Å². The van der Waals surface area contributed by atoms with E-state index in [-0.39, 0.29) is 23.7 Å². The molecule has 0 N–H and O–H groups in total. The highest BCUT2D eigenvalue weighted by Gasteiger charge is 2.35. The summed E-state index contributed by atoms with van der Waals surface area (Å²) in [5, 5.41) is -0.0573. The summed E-state index contributed by atoms with van der Waals surface area (Å²) in [7, 11) is 0. The molecule has 6 heteroatoms. The Kier molecular flexibility index (Phi) is 4.69. The molecular formula is C16H20N2O3S. The molecule has 0 aliphatic carbocycles. The summed E-state index contributed by atoms with van der Waals surface area (Å²) in [5.41, 5.74) is 2.27. The fourth-order valence-corrected chi connectivity index (χ4v) is 3.88. The van der Waals surface area contributed by atoms with Crippen LogP contribution in [0.4, 0.5) is 0 Å². The van der Waals surface area contributed by atoms with E-state index in [2.05, 4.69) is 0 Å². The van der Waals surface area contributed by atoms with Gasteiger partial charge in [-0.15, -0.1) is 11.8 Å². The monoisotopic (exact) mass is 320 g/mol. The molecule has 3 rings (SSSR count). The summed E-state index contributed by atoms with van der Waals surface area (Å²) in [6, 6.07) is 8.16. The number of benzene rings is 1. The average molecular weight is 320 g/mol. The molecule has 0 saturated carbocycles. The molecule has 0 spiro atoms. The molecule has 2 aliphatic rings. The van der Waals surface area contributed by atoms with Crippen LogP contribution >= 0.6 is 11.8 Å². The van der Waals surface area contributed by atoms with Gasteiger partial charge in [-0.05, 0) is 12.5 Å². The van der Waals surface area contributed by atoms with Crippen molar-refractivity contribution in [1.82, 2.24) is 9.80 Å². The molecule has 1 aromatic carbocycles. The second-order valence-corrected chi connectivity index (χ2v) is 6.66. The van der Waals surface area contributed by atoms with Gasteiger partial charge in [-0.2, -0.15) is 0 Å². The normalized spacial score (nSPS) is 22.2. The fraction of sp³-hybridized carbons (Fsp3) is 0.500. The van der Waals surface area contributed by atoms with Crippen molar-refractivity contribution < 1.29 is 14.3 Å². The number of carbonyl (C=O) groups excluding carboxylic acids is 2. The van der Waals surface area contributed by atoms with Gasteiger partial charge in [-0.1, -0.05) is 29.8 Å². The van der Waals surface area contributed by atoms with Gasteiger partial charge in [-0.3, -0.25) is 9.59 Å². The van der Waals surface area contributed by atoms with Gasteiger partial charge in [0.2, 0.25) is 11.8 Å². The van der Waals surface area contributed by atoms with Crippen LogP contribution in [-0.2, 0) is 14.3 Å². The summed E-state index contributed by atoms with van der Waals surface area (Å²) in [6.07, 6.45) is 0. The molecule has 1 atom stereocenters. The van der Waals surface area contributed by atoms with Crippen LogP contribution in [0.2, 0.25) is 0 Å². The third kappa shape index (κ3) is 3.28. The fourth-order valence-electron chi connectivity index (χ4n) is 2.69. The predicted molar refractivity (Wildman–Crippen MR) is 85.5 cm³/mol. The number of amides is 2. The Hall–Kier alpha value is -1.53. The zero-order valence-corrected chi connectivity index (χ0v) is 13.5. The van der Waals surface area contributed by atoms with Gasteiger partial charge in [0.05, 0.1) is 19.0 Å². The van der Waals surface area contributed by atoms with Crippen LogP contribution in [0.1, 0.15) is 16.5 Å². The van der Waals surface area contributed by atoms with Crippen molar-refractivity contribution in [3.8, 4) is 0 Å². The van der Waals surface area contributed by atoms with Crippen LogP contribution in [0.5, 0.6) is 0 Å². The van der Waals surface area contributed by atoms with Gasteiger partial charge >= 0.3 is 0 Å². The molecule has 2 aliphatic heterocycles. The maximum Gasteiger partial charge on any atom is 0.242 e. The van der Waals surface area contributed by atoms with Crippen molar-refractivity contribution in [3.05, 3.63) is 35.4 Å². The number of aryl methyl sites for hydroxylation is 1. The number of hydrogen-bond donors (Lipinski definition) is 0. The lowest BCUT2D eigenvalue weighted by molar-refractivity contribution is -0.141. The topological polar surface area (TPSA) is 49.9 Å². The summed E-state index contributed by atoms with van der Waals surface area (Å²) >= 11 is 1.59. The van der Waals surface area contributed by atoms with Gasteiger partial charge in [-0.25, -0.2) is 0 Å². The van der Waals surface area contributed by atoms with Crippen molar-refractivity contribution >= 4 is 23.6 Å². The van der Waals surface area contributed by atoms with Crippen LogP contribution in [0.25, 0.3) is 0 Å². The number of morpholine rings is 1. The smallest absolute Gasteiger partial charge is 0.242 e. The third-order valence-electron chi connectivity index (χ3n) is 4.00. The second-order valence-electron chi connectivity index (χ2n) is 5.59. The molecular weight excluding hydrogens is 300 g/mol. The first-order chi connectivity index (χ1) is 10.6. The largest absolute Gasteiger partial charge is 0.378 e. The molecule has 0 radical (unpaired) electrons. The molecule has 0 unspecified atom stereocenters. The third-order valence-corrected chi connectivity index (χ3v) is 5.26. The lowest BCUT2D eigenvalue weighted by Gasteiger charge is -2.30. The number of rotatable bonds is 3. The van der Waals surface area contributed by atoms with Crippen LogP contribution < -0.4 is 0 Å². The first kappa shape index (κ1) is 15.4. The summed E-state index contributed by atoms with van der Waals surface area (Å²) in [6.45, 7) is 4.58. The average Bonchev–Trinajstić information content (AvgIpc) is 2.90. The zero-order valence-electron chi connectivity index (χ0n) is 12.7. The van der Waals surface area contributed by atoms with Crippen LogP contribution in [0.15, 0.2) is 24.3 Å². The molecule has 2 fully saturated rings. The number of carbonyl (C=O) groups is 2. The summed E-state index contributed by atoms with van der Waals surface area (Å²) < 4.78 is 5.26. The Morgan fingerprint density at radius 1 is 1.27 bits per heavy atom. The minimum atomic E-state index is -0.0573. The maximum atomic E-state index is 12.4. The van der Waals surface area contributed by atoms with Crippen molar-refractivity contribution in [2.75, 3.05) is 38.6 Å². The van der Waals surface area contributed by atoms with Crippen molar-refractivity contribution in [2.45, 2.75) is 12.3 Å².